The van der Waals surface area contributed by atoms with E-state index >= 15 is 0 Å². The van der Waals surface area contributed by atoms with Crippen molar-refractivity contribution in [3.63, 3.8) is 0 Å². The van der Waals surface area contributed by atoms with Gasteiger partial charge < -0.3 is 4.74 Å². The molecule has 0 saturated heterocycles. The summed E-state index contributed by atoms with van der Waals surface area (Å²) in [6, 6.07) is 7.87. The van der Waals surface area contributed by atoms with Crippen LogP contribution in [0.15, 0.2) is 46.1 Å². The molecule has 0 amide bonds. The Morgan fingerprint density at radius 3 is 2.80 bits per heavy atom. The van der Waals surface area contributed by atoms with Crippen LogP contribution in [0.5, 0.6) is 0 Å². The summed E-state index contributed by atoms with van der Waals surface area (Å²) < 4.78 is 5.76. The summed E-state index contributed by atoms with van der Waals surface area (Å²) >= 11 is 6.55. The molecule has 3 aliphatic rings. The van der Waals surface area contributed by atoms with Gasteiger partial charge in [0.1, 0.15) is 16.5 Å². The fourth-order valence-corrected chi connectivity index (χ4v) is 4.46. The molecule has 1 aromatic rings. The van der Waals surface area contributed by atoms with Crippen molar-refractivity contribution in [2.45, 2.75) is 25.1 Å². The number of ether oxygens (including phenoxy) is 1. The largest absolute Gasteiger partial charge is 0.360 e. The van der Waals surface area contributed by atoms with Gasteiger partial charge in [-0.15, -0.1) is 5.06 Å². The lowest BCUT2D eigenvalue weighted by Gasteiger charge is -2.53. The lowest BCUT2D eigenvalue weighted by molar-refractivity contribution is -0.269. The van der Waals surface area contributed by atoms with E-state index in [1.54, 1.807) is 25.5 Å². The Kier molecular flexibility index (Phi) is 3.92. The molecule has 4 rings (SSSR count). The van der Waals surface area contributed by atoms with Crippen LogP contribution in [-0.2, 0) is 14.4 Å². The Morgan fingerprint density at radius 1 is 1.32 bits per heavy atom. The first-order chi connectivity index (χ1) is 12.0. The number of methoxy groups -OCH3 is 1. The molecule has 1 aromatic carbocycles. The molecule has 130 valence electrons. The highest BCUT2D eigenvalue weighted by Crippen LogP contribution is 2.55. The molecule has 5 nitrogen and oxygen atoms in total. The number of halogens is 1. The standard InChI is InChI=1S/C19H19ClN2O3/c1-11-8-12-10-21-17(20)16-13-6-4-5-7-14(13)18(24-2)22(25-3)19(12,16)9-15(11)23/h4-8,10-11,18H,9H2,1-3H3. The van der Waals surface area contributed by atoms with E-state index in [2.05, 4.69) is 4.99 Å². The maximum Gasteiger partial charge on any atom is 0.160 e. The SMILES string of the molecule is COC1c2ccccc2C2=C(Cl)N=CC3=CC(C)C(=O)CC32N1OC. The summed E-state index contributed by atoms with van der Waals surface area (Å²) in [6.07, 6.45) is 3.50. The maximum atomic E-state index is 12.7. The number of carbonyl (C=O) groups is 1. The molecule has 6 heteroatoms. The van der Waals surface area contributed by atoms with Crippen LogP contribution in [0.1, 0.15) is 30.7 Å². The first-order valence-corrected chi connectivity index (χ1v) is 8.57. The molecule has 0 N–H and O–H groups in total. The van der Waals surface area contributed by atoms with E-state index in [-0.39, 0.29) is 18.1 Å². The zero-order valence-corrected chi connectivity index (χ0v) is 15.1. The Bertz CT molecular complexity index is 845. The minimum atomic E-state index is -0.827. The van der Waals surface area contributed by atoms with Crippen molar-refractivity contribution in [2.75, 3.05) is 14.2 Å². The van der Waals surface area contributed by atoms with Gasteiger partial charge in [0, 0.05) is 36.8 Å². The monoisotopic (exact) mass is 358 g/mol. The van der Waals surface area contributed by atoms with E-state index in [4.69, 9.17) is 21.2 Å². The van der Waals surface area contributed by atoms with Gasteiger partial charge in [-0.2, -0.15) is 0 Å². The molecule has 0 aromatic heterocycles. The number of nitrogens with zero attached hydrogens (tertiary/aromatic N) is 2. The quantitative estimate of drug-likeness (QED) is 0.759. The Balaban J connectivity index is 2.08. The average molecular weight is 359 g/mol. The second kappa shape index (κ2) is 5.88. The molecule has 0 radical (unpaired) electrons. The zero-order valence-electron chi connectivity index (χ0n) is 14.3. The number of aliphatic imine (C=N–C) groups is 1. The van der Waals surface area contributed by atoms with Crippen molar-refractivity contribution in [3.8, 4) is 0 Å². The Labute approximate surface area is 151 Å². The smallest absolute Gasteiger partial charge is 0.160 e. The molecule has 2 aliphatic heterocycles. The molecule has 1 spiro atoms. The predicted octanol–water partition coefficient (Wildman–Crippen LogP) is 3.47. The Morgan fingerprint density at radius 2 is 2.08 bits per heavy atom. The van der Waals surface area contributed by atoms with Crippen LogP contribution in [0.3, 0.4) is 0 Å². The second-order valence-corrected chi connectivity index (χ2v) is 6.88. The number of benzene rings is 1. The van der Waals surface area contributed by atoms with E-state index in [1.807, 2.05) is 37.3 Å². The van der Waals surface area contributed by atoms with Crippen LogP contribution >= 0.6 is 11.6 Å². The fourth-order valence-electron chi connectivity index (χ4n) is 4.15. The molecule has 2 heterocycles. The van der Waals surface area contributed by atoms with Crippen molar-refractivity contribution < 1.29 is 14.4 Å². The van der Waals surface area contributed by atoms with Gasteiger partial charge in [-0.25, -0.2) is 4.99 Å². The normalized spacial score (nSPS) is 31.4. The minimum absolute atomic E-state index is 0.136. The number of ketones is 1. The third-order valence-electron chi connectivity index (χ3n) is 5.29. The van der Waals surface area contributed by atoms with Crippen LogP contribution in [0.25, 0.3) is 5.57 Å². The third-order valence-corrected chi connectivity index (χ3v) is 5.57. The lowest BCUT2D eigenvalue weighted by Crippen LogP contribution is -2.59. The molecule has 0 saturated carbocycles. The second-order valence-electron chi connectivity index (χ2n) is 6.52. The number of hydroxylamine groups is 2. The molecule has 0 bridgehead atoms. The maximum absolute atomic E-state index is 12.7. The first kappa shape index (κ1) is 16.7. The summed E-state index contributed by atoms with van der Waals surface area (Å²) in [7, 11) is 3.22. The van der Waals surface area contributed by atoms with Gasteiger partial charge in [-0.05, 0) is 11.1 Å². The minimum Gasteiger partial charge on any atom is -0.360 e. The van der Waals surface area contributed by atoms with Gasteiger partial charge in [-0.3, -0.25) is 9.63 Å². The van der Waals surface area contributed by atoms with Crippen LogP contribution < -0.4 is 0 Å². The lowest BCUT2D eigenvalue weighted by atomic mass is 9.66. The highest BCUT2D eigenvalue weighted by Gasteiger charge is 2.57. The van der Waals surface area contributed by atoms with Crippen LogP contribution in [0.4, 0.5) is 0 Å². The summed E-state index contributed by atoms with van der Waals surface area (Å²) in [5.41, 5.74) is 2.77. The molecular formula is C19H19ClN2O3. The highest BCUT2D eigenvalue weighted by molar-refractivity contribution is 6.34. The molecule has 25 heavy (non-hydrogen) atoms. The van der Waals surface area contributed by atoms with Crippen molar-refractivity contribution >= 4 is 29.2 Å². The van der Waals surface area contributed by atoms with E-state index in [0.29, 0.717) is 5.16 Å². The van der Waals surface area contributed by atoms with Gasteiger partial charge >= 0.3 is 0 Å². The van der Waals surface area contributed by atoms with Gasteiger partial charge in [-0.1, -0.05) is 48.9 Å². The predicted molar refractivity (Wildman–Crippen MR) is 95.9 cm³/mol. The van der Waals surface area contributed by atoms with Crippen molar-refractivity contribution in [1.29, 1.82) is 0 Å². The van der Waals surface area contributed by atoms with Crippen LogP contribution in [0, 0.1) is 5.92 Å². The highest BCUT2D eigenvalue weighted by atomic mass is 35.5. The first-order valence-electron chi connectivity index (χ1n) is 8.19. The number of carbonyl (C=O) groups excluding carboxylic acids is 1. The number of hydrogen-bond acceptors (Lipinski definition) is 5. The van der Waals surface area contributed by atoms with Crippen molar-refractivity contribution in [2.24, 2.45) is 10.9 Å². The van der Waals surface area contributed by atoms with E-state index in [1.165, 1.54) is 0 Å². The molecular weight excluding hydrogens is 340 g/mol. The molecule has 3 unspecified atom stereocenters. The molecule has 0 fully saturated rings. The van der Waals surface area contributed by atoms with Crippen molar-refractivity contribution in [1.82, 2.24) is 5.06 Å². The van der Waals surface area contributed by atoms with E-state index in [0.717, 1.165) is 22.3 Å². The van der Waals surface area contributed by atoms with Crippen LogP contribution in [0.2, 0.25) is 0 Å². The number of rotatable bonds is 2. The molecule has 1 aliphatic carbocycles. The average Bonchev–Trinajstić information content (AvgIpc) is 2.61. The Hall–Kier alpha value is -1.79. The molecule has 3 atom stereocenters. The van der Waals surface area contributed by atoms with E-state index in [9.17, 15) is 4.79 Å². The summed E-state index contributed by atoms with van der Waals surface area (Å²) in [4.78, 5) is 22.9. The van der Waals surface area contributed by atoms with Gasteiger partial charge in [0.15, 0.2) is 6.23 Å². The summed E-state index contributed by atoms with van der Waals surface area (Å²) in [5, 5.41) is 2.12. The third kappa shape index (κ3) is 2.13. The number of allylic oxidation sites excluding steroid dienone is 1. The number of Topliss-reactive ketones (excluding diaryl/α,β-unsaturated/α-hetero) is 1. The zero-order chi connectivity index (χ0) is 17.8. The van der Waals surface area contributed by atoms with E-state index < -0.39 is 11.8 Å². The summed E-state index contributed by atoms with van der Waals surface area (Å²) in [6.45, 7) is 1.90. The number of hydrogen-bond donors (Lipinski definition) is 0. The van der Waals surface area contributed by atoms with Gasteiger partial charge in [0.05, 0.1) is 7.11 Å². The topological polar surface area (TPSA) is 51.1 Å². The van der Waals surface area contributed by atoms with Gasteiger partial charge in [0.25, 0.3) is 0 Å². The van der Waals surface area contributed by atoms with Gasteiger partial charge in [0.2, 0.25) is 0 Å². The fraction of sp³-hybridized carbons (Fsp3) is 0.368. The van der Waals surface area contributed by atoms with Crippen LogP contribution in [-0.4, -0.2) is 36.8 Å². The van der Waals surface area contributed by atoms with Crippen molar-refractivity contribution in [3.05, 3.63) is 52.2 Å². The summed E-state index contributed by atoms with van der Waals surface area (Å²) in [5.74, 6) is -0.0284. The number of fused-ring (bicyclic) bond motifs is 2.